The standard InChI is InChI=1S/C4H3F3O4/c5-4(6,7)2(9)1(8)3(10)11/h2,9H,(H,10,11). The number of ketones is 1. The highest BCUT2D eigenvalue weighted by molar-refractivity contribution is 6.34. The molecule has 2 N–H and O–H groups in total. The summed E-state index contributed by atoms with van der Waals surface area (Å²) in [5, 5.41) is 15.7. The van der Waals surface area contributed by atoms with Gasteiger partial charge in [-0.05, 0) is 0 Å². The summed E-state index contributed by atoms with van der Waals surface area (Å²) >= 11 is 0. The zero-order valence-electron chi connectivity index (χ0n) is 4.92. The van der Waals surface area contributed by atoms with Gasteiger partial charge in [0.2, 0.25) is 6.10 Å². The fourth-order valence-electron chi connectivity index (χ4n) is 0.266. The molecule has 0 aromatic heterocycles. The monoisotopic (exact) mass is 172 g/mol. The number of halogens is 3. The number of hydrogen-bond acceptors (Lipinski definition) is 3. The Morgan fingerprint density at radius 1 is 1.27 bits per heavy atom. The number of hydrogen-bond donors (Lipinski definition) is 2. The molecule has 7 heteroatoms. The van der Waals surface area contributed by atoms with E-state index in [2.05, 4.69) is 0 Å². The third kappa shape index (κ3) is 2.54. The molecule has 64 valence electrons. The third-order valence-corrected chi connectivity index (χ3v) is 0.769. The Morgan fingerprint density at radius 2 is 1.64 bits per heavy atom. The number of Topliss-reactive ketones (excluding diaryl/α,β-unsaturated/α-hetero) is 1. The molecule has 0 heterocycles. The molecule has 0 spiro atoms. The van der Waals surface area contributed by atoms with Gasteiger partial charge in [0, 0.05) is 0 Å². The Hall–Kier alpha value is -1.11. The maximum Gasteiger partial charge on any atom is 0.422 e. The van der Waals surface area contributed by atoms with Crippen LogP contribution in [0, 0.1) is 0 Å². The number of aliphatic hydroxyl groups is 1. The van der Waals surface area contributed by atoms with Crippen molar-refractivity contribution >= 4 is 11.8 Å². The molecule has 0 radical (unpaired) electrons. The molecule has 0 aromatic rings. The number of carbonyl (C=O) groups excluding carboxylic acids is 1. The van der Waals surface area contributed by atoms with E-state index in [0.717, 1.165) is 0 Å². The zero-order chi connectivity index (χ0) is 9.23. The second-order valence-electron chi connectivity index (χ2n) is 1.61. The highest BCUT2D eigenvalue weighted by Crippen LogP contribution is 2.20. The molecule has 0 saturated heterocycles. The number of aliphatic hydroxyl groups excluding tert-OH is 1. The topological polar surface area (TPSA) is 74.6 Å². The number of alkyl halides is 3. The summed E-state index contributed by atoms with van der Waals surface area (Å²) in [6.07, 6.45) is -8.64. The summed E-state index contributed by atoms with van der Waals surface area (Å²) in [5.41, 5.74) is 0. The molecule has 0 bridgehead atoms. The van der Waals surface area contributed by atoms with Gasteiger partial charge in [-0.3, -0.25) is 4.79 Å². The summed E-state index contributed by atoms with van der Waals surface area (Å²) in [6.45, 7) is 0. The van der Waals surface area contributed by atoms with E-state index in [1.165, 1.54) is 0 Å². The van der Waals surface area contributed by atoms with E-state index in [-0.39, 0.29) is 0 Å². The molecule has 0 aliphatic heterocycles. The van der Waals surface area contributed by atoms with Crippen molar-refractivity contribution in [2.75, 3.05) is 0 Å². The first kappa shape index (κ1) is 9.89. The van der Waals surface area contributed by atoms with Gasteiger partial charge in [0.05, 0.1) is 0 Å². The first-order chi connectivity index (χ1) is 4.76. The molecule has 0 rings (SSSR count). The van der Waals surface area contributed by atoms with Gasteiger partial charge in [0.15, 0.2) is 0 Å². The Balaban J connectivity index is 4.38. The van der Waals surface area contributed by atoms with Crippen molar-refractivity contribution in [2.45, 2.75) is 12.3 Å². The van der Waals surface area contributed by atoms with Gasteiger partial charge in [0.1, 0.15) is 0 Å². The van der Waals surface area contributed by atoms with Crippen LogP contribution >= 0.6 is 0 Å². The second-order valence-corrected chi connectivity index (χ2v) is 1.61. The number of carbonyl (C=O) groups is 2. The Kier molecular flexibility index (Phi) is 2.58. The van der Waals surface area contributed by atoms with E-state index in [9.17, 15) is 22.8 Å². The molecule has 4 nitrogen and oxygen atoms in total. The van der Waals surface area contributed by atoms with Gasteiger partial charge in [-0.2, -0.15) is 13.2 Å². The quantitative estimate of drug-likeness (QED) is 0.554. The molecule has 0 aliphatic rings. The Labute approximate surface area is 58.2 Å². The van der Waals surface area contributed by atoms with Crippen LogP contribution in [0.2, 0.25) is 0 Å². The number of carboxylic acid groups (broad SMARTS) is 1. The van der Waals surface area contributed by atoms with E-state index < -0.39 is 24.0 Å². The van der Waals surface area contributed by atoms with Crippen LogP contribution in [0.3, 0.4) is 0 Å². The second kappa shape index (κ2) is 2.87. The Bertz CT molecular complexity index is 184. The minimum atomic E-state index is -5.21. The Morgan fingerprint density at radius 3 is 1.73 bits per heavy atom. The van der Waals surface area contributed by atoms with Crippen LogP contribution in [-0.2, 0) is 9.59 Å². The van der Waals surface area contributed by atoms with Gasteiger partial charge in [-0.1, -0.05) is 0 Å². The molecule has 0 fully saturated rings. The van der Waals surface area contributed by atoms with E-state index in [1.54, 1.807) is 0 Å². The van der Waals surface area contributed by atoms with Crippen LogP contribution < -0.4 is 0 Å². The number of aliphatic carboxylic acids is 1. The van der Waals surface area contributed by atoms with Crippen molar-refractivity contribution in [1.29, 1.82) is 0 Å². The van der Waals surface area contributed by atoms with E-state index >= 15 is 0 Å². The summed E-state index contributed by atoms with van der Waals surface area (Å²) in [6, 6.07) is 0. The van der Waals surface area contributed by atoms with Crippen molar-refractivity contribution in [1.82, 2.24) is 0 Å². The van der Waals surface area contributed by atoms with Crippen molar-refractivity contribution in [3.8, 4) is 0 Å². The number of rotatable bonds is 2. The lowest BCUT2D eigenvalue weighted by Crippen LogP contribution is -2.40. The van der Waals surface area contributed by atoms with Crippen molar-refractivity contribution in [3.05, 3.63) is 0 Å². The maximum atomic E-state index is 11.3. The molecule has 1 atom stereocenters. The van der Waals surface area contributed by atoms with E-state index in [1.807, 2.05) is 0 Å². The van der Waals surface area contributed by atoms with Gasteiger partial charge in [-0.25, -0.2) is 4.79 Å². The average Bonchev–Trinajstić information content (AvgIpc) is 1.82. The molecule has 11 heavy (non-hydrogen) atoms. The fourth-order valence-corrected chi connectivity index (χ4v) is 0.266. The minimum Gasteiger partial charge on any atom is -0.475 e. The summed E-state index contributed by atoms with van der Waals surface area (Å²) in [5.74, 6) is -4.59. The lowest BCUT2D eigenvalue weighted by Gasteiger charge is -2.09. The molecule has 0 amide bonds. The van der Waals surface area contributed by atoms with Crippen LogP contribution in [0.4, 0.5) is 13.2 Å². The van der Waals surface area contributed by atoms with Crippen molar-refractivity contribution < 1.29 is 33.0 Å². The SMILES string of the molecule is O=C(O)C(=O)C(O)C(F)(F)F. The molecular formula is C4H3F3O4. The number of carboxylic acids is 1. The van der Waals surface area contributed by atoms with Crippen LogP contribution in [0.1, 0.15) is 0 Å². The van der Waals surface area contributed by atoms with Crippen LogP contribution in [0.5, 0.6) is 0 Å². The molecule has 0 aromatic carbocycles. The molecular weight excluding hydrogens is 169 g/mol. The fraction of sp³-hybridized carbons (Fsp3) is 0.500. The van der Waals surface area contributed by atoms with Crippen LogP contribution in [0.25, 0.3) is 0 Å². The largest absolute Gasteiger partial charge is 0.475 e. The molecule has 0 saturated carbocycles. The van der Waals surface area contributed by atoms with Crippen molar-refractivity contribution in [3.63, 3.8) is 0 Å². The predicted octanol–water partition coefficient (Wildman–Crippen LogP) is -0.437. The summed E-state index contributed by atoms with van der Waals surface area (Å²) in [4.78, 5) is 19.5. The van der Waals surface area contributed by atoms with Gasteiger partial charge in [-0.15, -0.1) is 0 Å². The highest BCUT2D eigenvalue weighted by Gasteiger charge is 2.46. The first-order valence-electron chi connectivity index (χ1n) is 2.28. The molecule has 0 aliphatic carbocycles. The maximum absolute atomic E-state index is 11.3. The average molecular weight is 172 g/mol. The highest BCUT2D eigenvalue weighted by atomic mass is 19.4. The lowest BCUT2D eigenvalue weighted by molar-refractivity contribution is -0.206. The van der Waals surface area contributed by atoms with Gasteiger partial charge < -0.3 is 10.2 Å². The minimum absolute atomic E-state index is 2.28. The van der Waals surface area contributed by atoms with E-state index in [4.69, 9.17) is 10.2 Å². The predicted molar refractivity (Wildman–Crippen MR) is 24.7 cm³/mol. The van der Waals surface area contributed by atoms with Gasteiger partial charge >= 0.3 is 12.1 Å². The summed E-state index contributed by atoms with van der Waals surface area (Å²) < 4.78 is 34.0. The van der Waals surface area contributed by atoms with Gasteiger partial charge in [0.25, 0.3) is 5.78 Å². The lowest BCUT2D eigenvalue weighted by atomic mass is 10.2. The van der Waals surface area contributed by atoms with Crippen LogP contribution in [0.15, 0.2) is 0 Å². The smallest absolute Gasteiger partial charge is 0.422 e. The van der Waals surface area contributed by atoms with Crippen molar-refractivity contribution in [2.24, 2.45) is 0 Å². The third-order valence-electron chi connectivity index (χ3n) is 0.769. The van der Waals surface area contributed by atoms with E-state index in [0.29, 0.717) is 0 Å². The zero-order valence-corrected chi connectivity index (χ0v) is 4.92. The summed E-state index contributed by atoms with van der Waals surface area (Å²) in [7, 11) is 0. The normalized spacial score (nSPS) is 14.2. The first-order valence-corrected chi connectivity index (χ1v) is 2.28. The molecule has 1 unspecified atom stereocenters. The van der Waals surface area contributed by atoms with Crippen LogP contribution in [-0.4, -0.2) is 34.2 Å².